The lowest BCUT2D eigenvalue weighted by Crippen LogP contribution is -2.28. The number of benzene rings is 3. The fourth-order valence-corrected chi connectivity index (χ4v) is 3.42. The molecule has 0 saturated heterocycles. The number of fused-ring (bicyclic) bond motifs is 1. The van der Waals surface area contributed by atoms with Crippen molar-refractivity contribution in [3.8, 4) is 0 Å². The number of nitrogens with one attached hydrogen (secondary N) is 1. The first-order valence-corrected chi connectivity index (χ1v) is 9.70. The van der Waals surface area contributed by atoms with Crippen LogP contribution in [0.25, 0.3) is 10.9 Å². The Labute approximate surface area is 174 Å². The third-order valence-electron chi connectivity index (χ3n) is 4.90. The Morgan fingerprint density at radius 3 is 2.50 bits per heavy atom. The van der Waals surface area contributed by atoms with E-state index in [1.54, 1.807) is 18.2 Å². The van der Waals surface area contributed by atoms with Crippen molar-refractivity contribution in [3.63, 3.8) is 0 Å². The van der Waals surface area contributed by atoms with Crippen molar-refractivity contribution in [1.29, 1.82) is 0 Å². The summed E-state index contributed by atoms with van der Waals surface area (Å²) in [5, 5.41) is 3.43. The van der Waals surface area contributed by atoms with Crippen molar-refractivity contribution in [3.05, 3.63) is 101 Å². The van der Waals surface area contributed by atoms with E-state index in [4.69, 9.17) is 0 Å². The summed E-state index contributed by atoms with van der Waals surface area (Å²) >= 11 is 0. The summed E-state index contributed by atoms with van der Waals surface area (Å²) < 4.78 is 1.33. The van der Waals surface area contributed by atoms with E-state index in [1.165, 1.54) is 16.5 Å². The van der Waals surface area contributed by atoms with Crippen LogP contribution in [-0.4, -0.2) is 22.5 Å². The van der Waals surface area contributed by atoms with Gasteiger partial charge in [0.2, 0.25) is 5.91 Å². The van der Waals surface area contributed by atoms with Crippen LogP contribution in [0.5, 0.6) is 0 Å². The summed E-state index contributed by atoms with van der Waals surface area (Å²) in [6, 6.07) is 24.9. The molecule has 0 unspecified atom stereocenters. The van der Waals surface area contributed by atoms with Gasteiger partial charge in [-0.2, -0.15) is 0 Å². The van der Waals surface area contributed by atoms with Gasteiger partial charge >= 0.3 is 0 Å². The van der Waals surface area contributed by atoms with Gasteiger partial charge in [-0.05, 0) is 29.8 Å². The van der Waals surface area contributed by atoms with Gasteiger partial charge in [0.25, 0.3) is 5.56 Å². The lowest BCUT2D eigenvalue weighted by Gasteiger charge is -2.23. The molecule has 0 spiro atoms. The number of para-hydroxylation sites is 3. The zero-order chi connectivity index (χ0) is 20.9. The smallest absolute Gasteiger partial charge is 0.261 e. The second kappa shape index (κ2) is 8.61. The van der Waals surface area contributed by atoms with E-state index in [-0.39, 0.29) is 18.0 Å². The largest absolute Gasteiger partial charge is 0.369 e. The summed E-state index contributed by atoms with van der Waals surface area (Å²) in [6.07, 6.45) is 1.41. The van der Waals surface area contributed by atoms with Crippen LogP contribution in [0.15, 0.2) is 90.0 Å². The maximum absolute atomic E-state index is 12.7. The standard InChI is InChI=1S/C24H22N4O2/c1-27(15-18-9-3-2-4-10-18)22-14-8-7-13-21(22)26-23(29)16-28-17-25-20-12-6-5-11-19(20)24(28)30/h2-14,17H,15-16H2,1H3,(H,26,29). The molecule has 1 N–H and O–H groups in total. The first-order valence-electron chi connectivity index (χ1n) is 9.70. The molecule has 0 aliphatic carbocycles. The second-order valence-electron chi connectivity index (χ2n) is 7.10. The van der Waals surface area contributed by atoms with Crippen molar-refractivity contribution in [2.24, 2.45) is 0 Å². The number of carbonyl (C=O) groups is 1. The molecule has 0 bridgehead atoms. The third-order valence-corrected chi connectivity index (χ3v) is 4.90. The second-order valence-corrected chi connectivity index (χ2v) is 7.10. The predicted octanol–water partition coefficient (Wildman–Crippen LogP) is 3.67. The molecule has 0 aliphatic rings. The van der Waals surface area contributed by atoms with Gasteiger partial charge in [0, 0.05) is 13.6 Å². The highest BCUT2D eigenvalue weighted by atomic mass is 16.2. The normalized spacial score (nSPS) is 10.7. The Morgan fingerprint density at radius 2 is 1.67 bits per heavy atom. The fourth-order valence-electron chi connectivity index (χ4n) is 3.42. The van der Waals surface area contributed by atoms with Crippen molar-refractivity contribution < 1.29 is 4.79 Å². The van der Waals surface area contributed by atoms with E-state index in [0.717, 1.165) is 5.69 Å². The van der Waals surface area contributed by atoms with Gasteiger partial charge in [-0.3, -0.25) is 14.2 Å². The fraction of sp³-hybridized carbons (Fsp3) is 0.125. The molecule has 4 rings (SSSR count). The topological polar surface area (TPSA) is 67.2 Å². The van der Waals surface area contributed by atoms with Crippen LogP contribution in [0, 0.1) is 0 Å². The van der Waals surface area contributed by atoms with E-state index in [2.05, 4.69) is 27.3 Å². The van der Waals surface area contributed by atoms with Crippen LogP contribution in [0.4, 0.5) is 11.4 Å². The average molecular weight is 398 g/mol. The van der Waals surface area contributed by atoms with Crippen LogP contribution in [0.2, 0.25) is 0 Å². The number of amides is 1. The monoisotopic (exact) mass is 398 g/mol. The zero-order valence-electron chi connectivity index (χ0n) is 16.7. The quantitative estimate of drug-likeness (QED) is 0.538. The van der Waals surface area contributed by atoms with Crippen LogP contribution < -0.4 is 15.8 Å². The molecule has 0 aliphatic heterocycles. The molecule has 0 saturated carbocycles. The van der Waals surface area contributed by atoms with E-state index >= 15 is 0 Å². The predicted molar refractivity (Wildman–Crippen MR) is 120 cm³/mol. The minimum Gasteiger partial charge on any atom is -0.369 e. The van der Waals surface area contributed by atoms with Gasteiger partial charge in [-0.1, -0.05) is 54.6 Å². The molecule has 1 amide bonds. The lowest BCUT2D eigenvalue weighted by atomic mass is 10.2. The van der Waals surface area contributed by atoms with Gasteiger partial charge in [0.05, 0.1) is 28.6 Å². The van der Waals surface area contributed by atoms with Gasteiger partial charge < -0.3 is 10.2 Å². The summed E-state index contributed by atoms with van der Waals surface area (Å²) in [6.45, 7) is 0.606. The molecule has 6 heteroatoms. The Balaban J connectivity index is 1.51. The molecular weight excluding hydrogens is 376 g/mol. The first-order chi connectivity index (χ1) is 14.6. The van der Waals surface area contributed by atoms with Crippen LogP contribution in [0.1, 0.15) is 5.56 Å². The van der Waals surface area contributed by atoms with E-state index in [0.29, 0.717) is 23.1 Å². The Bertz CT molecular complexity index is 1230. The number of carbonyl (C=O) groups excluding carboxylic acids is 1. The summed E-state index contributed by atoms with van der Waals surface area (Å²) in [5.74, 6) is -0.283. The van der Waals surface area contributed by atoms with Gasteiger partial charge in [-0.25, -0.2) is 4.98 Å². The number of anilines is 2. The van der Waals surface area contributed by atoms with E-state index in [1.807, 2.05) is 55.6 Å². The maximum Gasteiger partial charge on any atom is 0.261 e. The molecule has 0 atom stereocenters. The Hall–Kier alpha value is -3.93. The molecular formula is C24H22N4O2. The van der Waals surface area contributed by atoms with Gasteiger partial charge in [-0.15, -0.1) is 0 Å². The third kappa shape index (κ3) is 4.22. The minimum absolute atomic E-state index is 0.104. The average Bonchev–Trinajstić information content (AvgIpc) is 2.77. The number of hydrogen-bond donors (Lipinski definition) is 1. The molecule has 0 radical (unpaired) electrons. The summed E-state index contributed by atoms with van der Waals surface area (Å²) in [7, 11) is 1.98. The minimum atomic E-state index is -0.283. The molecule has 0 fully saturated rings. The number of hydrogen-bond acceptors (Lipinski definition) is 4. The lowest BCUT2D eigenvalue weighted by molar-refractivity contribution is -0.116. The molecule has 30 heavy (non-hydrogen) atoms. The van der Waals surface area contributed by atoms with Gasteiger partial charge in [0.15, 0.2) is 0 Å². The Kier molecular flexibility index (Phi) is 5.57. The molecule has 4 aromatic rings. The highest BCUT2D eigenvalue weighted by molar-refractivity contribution is 5.94. The Morgan fingerprint density at radius 1 is 0.967 bits per heavy atom. The summed E-state index contributed by atoms with van der Waals surface area (Å²) in [4.78, 5) is 31.7. The maximum atomic E-state index is 12.7. The molecule has 1 aromatic heterocycles. The highest BCUT2D eigenvalue weighted by Crippen LogP contribution is 2.26. The van der Waals surface area contributed by atoms with Gasteiger partial charge in [0.1, 0.15) is 6.54 Å². The van der Waals surface area contributed by atoms with E-state index in [9.17, 15) is 9.59 Å². The first kappa shape index (κ1) is 19.4. The SMILES string of the molecule is CN(Cc1ccccc1)c1ccccc1NC(=O)Cn1cnc2ccccc2c1=O. The van der Waals surface area contributed by atoms with Crippen molar-refractivity contribution in [2.45, 2.75) is 13.1 Å². The summed E-state index contributed by atoms with van der Waals surface area (Å²) in [5.41, 5.74) is 3.16. The number of rotatable bonds is 6. The number of nitrogens with zero attached hydrogens (tertiary/aromatic N) is 3. The van der Waals surface area contributed by atoms with Crippen molar-refractivity contribution >= 4 is 28.2 Å². The molecule has 6 nitrogen and oxygen atoms in total. The molecule has 1 heterocycles. The van der Waals surface area contributed by atoms with E-state index < -0.39 is 0 Å². The van der Waals surface area contributed by atoms with Crippen LogP contribution >= 0.6 is 0 Å². The van der Waals surface area contributed by atoms with Crippen LogP contribution in [-0.2, 0) is 17.9 Å². The van der Waals surface area contributed by atoms with Crippen molar-refractivity contribution in [1.82, 2.24) is 9.55 Å². The molecule has 150 valence electrons. The zero-order valence-corrected chi connectivity index (χ0v) is 16.7. The molecule has 3 aromatic carbocycles. The number of aromatic nitrogens is 2. The van der Waals surface area contributed by atoms with Crippen molar-refractivity contribution in [2.75, 3.05) is 17.3 Å². The highest BCUT2D eigenvalue weighted by Gasteiger charge is 2.12. The van der Waals surface area contributed by atoms with Crippen LogP contribution in [0.3, 0.4) is 0 Å².